The summed E-state index contributed by atoms with van der Waals surface area (Å²) in [6.07, 6.45) is 6.51. The Kier molecular flexibility index (Phi) is 3.08. The maximum atomic E-state index is 11.0. The van der Waals surface area contributed by atoms with Gasteiger partial charge in [-0.2, -0.15) is 0 Å². The number of aromatic nitrogens is 3. The van der Waals surface area contributed by atoms with Crippen LogP contribution in [0.5, 0.6) is 0 Å². The van der Waals surface area contributed by atoms with Gasteiger partial charge < -0.3 is 0 Å². The van der Waals surface area contributed by atoms with Gasteiger partial charge in [-0.05, 0) is 0 Å². The van der Waals surface area contributed by atoms with Gasteiger partial charge in [0.05, 0.1) is 16.0 Å². The normalized spacial score (nSPS) is 10.2. The van der Waals surface area contributed by atoms with Gasteiger partial charge in [-0.15, -0.1) is 11.3 Å². The first kappa shape index (κ1) is 10.3. The Hall–Kier alpha value is -1.27. The van der Waals surface area contributed by atoms with Gasteiger partial charge in [0.25, 0.3) is 0 Å². The van der Waals surface area contributed by atoms with E-state index in [9.17, 15) is 4.79 Å². The quantitative estimate of drug-likeness (QED) is 0.766. The summed E-state index contributed by atoms with van der Waals surface area (Å²) in [6, 6.07) is 0. The van der Waals surface area contributed by atoms with Crippen molar-refractivity contribution < 1.29 is 4.79 Å². The molecule has 0 aromatic carbocycles. The predicted octanol–water partition coefficient (Wildman–Crippen LogP) is 2.29. The molecule has 2 aromatic heterocycles. The first-order chi connectivity index (χ1) is 7.25. The summed E-state index contributed by atoms with van der Waals surface area (Å²) >= 11 is 2.84. The first-order valence-electron chi connectivity index (χ1n) is 4.15. The number of Topliss-reactive ketones (excluding diaryl/α,β-unsaturated/α-hetero) is 1. The number of carbonyl (C=O) groups excluding carboxylic acids is 1. The molecule has 0 radical (unpaired) electrons. The van der Waals surface area contributed by atoms with Gasteiger partial charge in [0.1, 0.15) is 6.33 Å². The highest BCUT2D eigenvalue weighted by Crippen LogP contribution is 2.30. The van der Waals surface area contributed by atoms with Crippen molar-refractivity contribution in [2.24, 2.45) is 0 Å². The molecule has 0 amide bonds. The van der Waals surface area contributed by atoms with E-state index in [0.29, 0.717) is 4.88 Å². The summed E-state index contributed by atoms with van der Waals surface area (Å²) in [5.41, 5.74) is 0. The average Bonchev–Trinajstić information content (AvgIpc) is 2.68. The van der Waals surface area contributed by atoms with Crippen molar-refractivity contribution in [3.05, 3.63) is 29.8 Å². The second-order valence-corrected chi connectivity index (χ2v) is 5.07. The lowest BCUT2D eigenvalue weighted by atomic mass is 10.4. The van der Waals surface area contributed by atoms with Gasteiger partial charge in [-0.1, -0.05) is 11.8 Å². The van der Waals surface area contributed by atoms with E-state index in [1.54, 1.807) is 18.6 Å². The van der Waals surface area contributed by atoms with E-state index in [0.717, 1.165) is 9.24 Å². The van der Waals surface area contributed by atoms with E-state index in [1.807, 2.05) is 0 Å². The van der Waals surface area contributed by atoms with Gasteiger partial charge in [-0.25, -0.2) is 15.0 Å². The monoisotopic (exact) mass is 237 g/mol. The van der Waals surface area contributed by atoms with Crippen molar-refractivity contribution in [2.75, 3.05) is 0 Å². The molecular weight excluding hydrogens is 230 g/mol. The lowest BCUT2D eigenvalue weighted by molar-refractivity contribution is 0.102. The topological polar surface area (TPSA) is 55.7 Å². The molecule has 0 spiro atoms. The second kappa shape index (κ2) is 4.50. The highest BCUT2D eigenvalue weighted by atomic mass is 32.2. The van der Waals surface area contributed by atoms with Gasteiger partial charge in [0, 0.05) is 19.3 Å². The zero-order valence-electron chi connectivity index (χ0n) is 7.88. The van der Waals surface area contributed by atoms with Crippen molar-refractivity contribution in [3.8, 4) is 0 Å². The maximum Gasteiger partial charge on any atom is 0.171 e. The predicted molar refractivity (Wildman–Crippen MR) is 58.3 cm³/mol. The molecule has 0 atom stereocenters. The third-order valence-electron chi connectivity index (χ3n) is 1.57. The zero-order chi connectivity index (χ0) is 10.7. The molecule has 0 aliphatic heterocycles. The number of nitrogens with zero attached hydrogens (tertiary/aromatic N) is 3. The van der Waals surface area contributed by atoms with E-state index in [1.165, 1.54) is 36.3 Å². The number of hydrogen-bond donors (Lipinski definition) is 0. The van der Waals surface area contributed by atoms with E-state index in [4.69, 9.17) is 0 Å². The molecule has 0 N–H and O–H groups in total. The molecule has 0 bridgehead atoms. The van der Waals surface area contributed by atoms with E-state index < -0.39 is 0 Å². The Morgan fingerprint density at radius 1 is 1.33 bits per heavy atom. The molecule has 2 rings (SSSR count). The SMILES string of the molecule is CC(=O)c1cnc(Sc2cncnc2)s1. The highest BCUT2D eigenvalue weighted by Gasteiger charge is 2.07. The van der Waals surface area contributed by atoms with Gasteiger partial charge in [0.15, 0.2) is 10.1 Å². The van der Waals surface area contributed by atoms with Crippen molar-refractivity contribution in [2.45, 2.75) is 16.2 Å². The van der Waals surface area contributed by atoms with E-state index in [2.05, 4.69) is 15.0 Å². The Bertz CT molecular complexity index is 469. The van der Waals surface area contributed by atoms with Crippen molar-refractivity contribution in [1.29, 1.82) is 0 Å². The molecular formula is C9H7N3OS2. The second-order valence-electron chi connectivity index (χ2n) is 2.72. The molecule has 0 aliphatic rings. The van der Waals surface area contributed by atoms with Crippen molar-refractivity contribution >= 4 is 28.9 Å². The van der Waals surface area contributed by atoms with Crippen LogP contribution < -0.4 is 0 Å². The molecule has 76 valence electrons. The molecule has 2 heterocycles. The maximum absolute atomic E-state index is 11.0. The molecule has 15 heavy (non-hydrogen) atoms. The minimum atomic E-state index is 0.0451. The third-order valence-corrected chi connectivity index (χ3v) is 3.69. The van der Waals surface area contributed by atoms with Gasteiger partial charge in [0.2, 0.25) is 0 Å². The molecule has 0 saturated heterocycles. The van der Waals surface area contributed by atoms with Gasteiger partial charge in [-0.3, -0.25) is 4.79 Å². The molecule has 0 unspecified atom stereocenters. The van der Waals surface area contributed by atoms with Crippen LogP contribution in [0.4, 0.5) is 0 Å². The summed E-state index contributed by atoms with van der Waals surface area (Å²) in [4.78, 5) is 24.6. The van der Waals surface area contributed by atoms with Crippen molar-refractivity contribution in [3.63, 3.8) is 0 Å². The fraction of sp³-hybridized carbons (Fsp3) is 0.111. The molecule has 0 aliphatic carbocycles. The number of rotatable bonds is 3. The molecule has 4 nitrogen and oxygen atoms in total. The van der Waals surface area contributed by atoms with Crippen LogP contribution in [-0.4, -0.2) is 20.7 Å². The minimum Gasteiger partial charge on any atom is -0.294 e. The van der Waals surface area contributed by atoms with Gasteiger partial charge >= 0.3 is 0 Å². The van der Waals surface area contributed by atoms with Crippen LogP contribution in [0.3, 0.4) is 0 Å². The molecule has 6 heteroatoms. The Balaban J connectivity index is 2.15. The van der Waals surface area contributed by atoms with Crippen LogP contribution in [0, 0.1) is 0 Å². The molecule has 0 saturated carbocycles. The smallest absolute Gasteiger partial charge is 0.171 e. The number of ketones is 1. The fourth-order valence-electron chi connectivity index (χ4n) is 0.907. The summed E-state index contributed by atoms with van der Waals surface area (Å²) in [7, 11) is 0. The van der Waals surface area contributed by atoms with E-state index in [-0.39, 0.29) is 5.78 Å². The largest absolute Gasteiger partial charge is 0.294 e. The number of hydrogen-bond acceptors (Lipinski definition) is 6. The van der Waals surface area contributed by atoms with Crippen LogP contribution in [0.25, 0.3) is 0 Å². The van der Waals surface area contributed by atoms with E-state index >= 15 is 0 Å². The molecule has 0 fully saturated rings. The zero-order valence-corrected chi connectivity index (χ0v) is 9.51. The summed E-state index contributed by atoms with van der Waals surface area (Å²) in [6.45, 7) is 1.54. The lowest BCUT2D eigenvalue weighted by Gasteiger charge is -1.93. The first-order valence-corrected chi connectivity index (χ1v) is 5.78. The Labute approximate surface area is 94.8 Å². The van der Waals surface area contributed by atoms with Crippen LogP contribution in [0.2, 0.25) is 0 Å². The Morgan fingerprint density at radius 3 is 2.67 bits per heavy atom. The standard InChI is InChI=1S/C9H7N3OS2/c1-6(13)8-4-12-9(15-8)14-7-2-10-5-11-3-7/h2-5H,1H3. The third kappa shape index (κ3) is 2.60. The average molecular weight is 237 g/mol. The minimum absolute atomic E-state index is 0.0451. The fourth-order valence-corrected chi connectivity index (χ4v) is 2.71. The summed E-state index contributed by atoms with van der Waals surface area (Å²) < 4.78 is 0.829. The van der Waals surface area contributed by atoms with Crippen LogP contribution in [0.1, 0.15) is 16.6 Å². The van der Waals surface area contributed by atoms with Crippen LogP contribution in [0.15, 0.2) is 34.2 Å². The Morgan fingerprint density at radius 2 is 2.07 bits per heavy atom. The lowest BCUT2D eigenvalue weighted by Crippen LogP contribution is -1.83. The highest BCUT2D eigenvalue weighted by molar-refractivity contribution is 8.01. The molecule has 2 aromatic rings. The summed E-state index contributed by atoms with van der Waals surface area (Å²) in [5, 5.41) is 0. The van der Waals surface area contributed by atoms with Crippen LogP contribution in [-0.2, 0) is 0 Å². The number of thiazole rings is 1. The van der Waals surface area contributed by atoms with Crippen molar-refractivity contribution in [1.82, 2.24) is 15.0 Å². The summed E-state index contributed by atoms with van der Waals surface area (Å²) in [5.74, 6) is 0.0451. The number of carbonyl (C=O) groups is 1. The van der Waals surface area contributed by atoms with Crippen LogP contribution >= 0.6 is 23.1 Å².